The standard InChI is InChI=1S/C52H34N2S/c1-2-15-38(16-3-1)54-47-23-8-6-18-44(47)45-22-11-21-43(52(45)54)37-29-33-40(34-30-37)53(48-24-12-26-50-51(48)46-19-7-9-25-49(46)55-50)39-31-27-36(28-32-39)42-20-10-14-35-13-4-5-17-41(35)42/h1-34H. The van der Waals surface area contributed by atoms with E-state index in [2.05, 4.69) is 216 Å². The molecule has 0 saturated carbocycles. The average Bonchev–Trinajstić information content (AvgIpc) is 3.81. The minimum absolute atomic E-state index is 1.11. The van der Waals surface area contributed by atoms with Crippen LogP contribution in [0.4, 0.5) is 17.1 Å². The molecule has 0 saturated heterocycles. The molecule has 0 radical (unpaired) electrons. The lowest BCUT2D eigenvalue weighted by molar-refractivity contribution is 1.18. The van der Waals surface area contributed by atoms with E-state index < -0.39 is 0 Å². The van der Waals surface area contributed by atoms with Crippen molar-refractivity contribution in [1.29, 1.82) is 0 Å². The smallest absolute Gasteiger partial charge is 0.0619 e. The number of rotatable bonds is 6. The predicted molar refractivity (Wildman–Crippen MR) is 237 cm³/mol. The largest absolute Gasteiger partial charge is 0.310 e. The van der Waals surface area contributed by atoms with Gasteiger partial charge in [0.2, 0.25) is 0 Å². The molecule has 0 atom stereocenters. The molecule has 2 aromatic heterocycles. The average molecular weight is 719 g/mol. The van der Waals surface area contributed by atoms with Crippen molar-refractivity contribution in [3.8, 4) is 27.9 Å². The van der Waals surface area contributed by atoms with Gasteiger partial charge in [-0.15, -0.1) is 11.3 Å². The molecular weight excluding hydrogens is 685 g/mol. The molecule has 0 aliphatic heterocycles. The molecule has 9 aromatic carbocycles. The maximum absolute atomic E-state index is 2.43. The highest BCUT2D eigenvalue weighted by Crippen LogP contribution is 2.46. The molecule has 0 aliphatic carbocycles. The fraction of sp³-hybridized carbons (Fsp3) is 0. The van der Waals surface area contributed by atoms with Crippen LogP contribution in [0.3, 0.4) is 0 Å². The Kier molecular flexibility index (Phi) is 7.39. The molecule has 0 amide bonds. The van der Waals surface area contributed by atoms with E-state index in [1.165, 1.54) is 80.7 Å². The van der Waals surface area contributed by atoms with Gasteiger partial charge in [0.05, 0.1) is 16.7 Å². The fourth-order valence-corrected chi connectivity index (χ4v) is 9.65. The zero-order valence-electron chi connectivity index (χ0n) is 29.9. The Morgan fingerprint density at radius 1 is 0.382 bits per heavy atom. The molecule has 0 bridgehead atoms. The van der Waals surface area contributed by atoms with E-state index >= 15 is 0 Å². The van der Waals surface area contributed by atoms with Crippen molar-refractivity contribution in [2.75, 3.05) is 4.90 Å². The third-order valence-electron chi connectivity index (χ3n) is 11.0. The second-order valence-electron chi connectivity index (χ2n) is 14.1. The lowest BCUT2D eigenvalue weighted by Gasteiger charge is -2.27. The Hall–Kier alpha value is -6.94. The summed E-state index contributed by atoms with van der Waals surface area (Å²) in [5.41, 5.74) is 11.8. The van der Waals surface area contributed by atoms with Crippen molar-refractivity contribution in [3.63, 3.8) is 0 Å². The molecule has 0 spiro atoms. The zero-order chi connectivity index (χ0) is 36.3. The van der Waals surface area contributed by atoms with Crippen LogP contribution in [0.25, 0.3) is 80.7 Å². The molecule has 2 nitrogen and oxygen atoms in total. The number of hydrogen-bond donors (Lipinski definition) is 0. The molecule has 3 heteroatoms. The summed E-state index contributed by atoms with van der Waals surface area (Å²) in [6.45, 7) is 0. The van der Waals surface area contributed by atoms with Gasteiger partial charge in [-0.3, -0.25) is 0 Å². The van der Waals surface area contributed by atoms with E-state index in [1.807, 2.05) is 11.3 Å². The van der Waals surface area contributed by atoms with Gasteiger partial charge in [-0.25, -0.2) is 0 Å². The molecule has 11 aromatic rings. The van der Waals surface area contributed by atoms with E-state index in [0.717, 1.165) is 17.1 Å². The van der Waals surface area contributed by atoms with Crippen LogP contribution in [-0.2, 0) is 0 Å². The van der Waals surface area contributed by atoms with Gasteiger partial charge < -0.3 is 9.47 Å². The summed E-state index contributed by atoms with van der Waals surface area (Å²) in [6.07, 6.45) is 0. The highest BCUT2D eigenvalue weighted by atomic mass is 32.1. The number of fused-ring (bicyclic) bond motifs is 7. The first-order valence-electron chi connectivity index (χ1n) is 18.8. The van der Waals surface area contributed by atoms with Crippen LogP contribution in [0, 0.1) is 0 Å². The van der Waals surface area contributed by atoms with Crippen molar-refractivity contribution < 1.29 is 0 Å². The first-order valence-corrected chi connectivity index (χ1v) is 19.6. The zero-order valence-corrected chi connectivity index (χ0v) is 30.7. The Labute approximate surface area is 323 Å². The molecule has 0 aliphatic rings. The number of aromatic nitrogens is 1. The highest BCUT2D eigenvalue weighted by molar-refractivity contribution is 7.26. The second-order valence-corrected chi connectivity index (χ2v) is 15.2. The topological polar surface area (TPSA) is 8.17 Å². The maximum Gasteiger partial charge on any atom is 0.0619 e. The summed E-state index contributed by atoms with van der Waals surface area (Å²) in [5, 5.41) is 7.59. The molecule has 55 heavy (non-hydrogen) atoms. The van der Waals surface area contributed by atoms with Gasteiger partial charge in [0.15, 0.2) is 0 Å². The summed E-state index contributed by atoms with van der Waals surface area (Å²) in [4.78, 5) is 2.43. The number of nitrogens with zero attached hydrogens (tertiary/aromatic N) is 2. The van der Waals surface area contributed by atoms with E-state index in [0.29, 0.717) is 0 Å². The van der Waals surface area contributed by atoms with E-state index in [4.69, 9.17) is 0 Å². The Morgan fingerprint density at radius 3 is 1.75 bits per heavy atom. The predicted octanol–water partition coefficient (Wildman–Crippen LogP) is 15.1. The number of hydrogen-bond acceptors (Lipinski definition) is 2. The fourth-order valence-electron chi connectivity index (χ4n) is 8.52. The molecule has 0 unspecified atom stereocenters. The van der Waals surface area contributed by atoms with Gasteiger partial charge in [-0.2, -0.15) is 0 Å². The minimum atomic E-state index is 1.11. The van der Waals surface area contributed by atoms with E-state index in [9.17, 15) is 0 Å². The first-order chi connectivity index (χ1) is 27.3. The van der Waals surface area contributed by atoms with Gasteiger partial charge in [-0.05, 0) is 88.1 Å². The van der Waals surface area contributed by atoms with Crippen molar-refractivity contribution in [2.24, 2.45) is 0 Å². The normalized spacial score (nSPS) is 11.6. The molecule has 0 N–H and O–H groups in total. The van der Waals surface area contributed by atoms with Crippen molar-refractivity contribution in [3.05, 3.63) is 206 Å². The van der Waals surface area contributed by atoms with Crippen LogP contribution in [-0.4, -0.2) is 4.57 Å². The van der Waals surface area contributed by atoms with Gasteiger partial charge in [-0.1, -0.05) is 146 Å². The van der Waals surface area contributed by atoms with Crippen molar-refractivity contribution in [2.45, 2.75) is 0 Å². The number of thiophene rings is 1. The minimum Gasteiger partial charge on any atom is -0.310 e. The quantitative estimate of drug-likeness (QED) is 0.166. The lowest BCUT2D eigenvalue weighted by atomic mass is 9.98. The van der Waals surface area contributed by atoms with E-state index in [1.54, 1.807) is 0 Å². The Balaban J connectivity index is 1.08. The third kappa shape index (κ3) is 5.16. The van der Waals surface area contributed by atoms with Gasteiger partial charge in [0.1, 0.15) is 0 Å². The van der Waals surface area contributed by atoms with Crippen LogP contribution in [0.15, 0.2) is 206 Å². The lowest BCUT2D eigenvalue weighted by Crippen LogP contribution is -2.10. The van der Waals surface area contributed by atoms with Crippen molar-refractivity contribution in [1.82, 2.24) is 4.57 Å². The number of benzene rings is 9. The highest BCUT2D eigenvalue weighted by Gasteiger charge is 2.20. The van der Waals surface area contributed by atoms with Gasteiger partial charge >= 0.3 is 0 Å². The molecule has 0 fully saturated rings. The molecular formula is C52H34N2S. The van der Waals surface area contributed by atoms with Crippen molar-refractivity contribution >= 4 is 81.1 Å². The number of anilines is 3. The summed E-state index contributed by atoms with van der Waals surface area (Å²) < 4.78 is 5.00. The summed E-state index contributed by atoms with van der Waals surface area (Å²) in [5.74, 6) is 0. The van der Waals surface area contributed by atoms with Gasteiger partial charge in [0.25, 0.3) is 0 Å². The third-order valence-corrected chi connectivity index (χ3v) is 12.1. The molecule has 11 rings (SSSR count). The Morgan fingerprint density at radius 2 is 0.945 bits per heavy atom. The number of para-hydroxylation sites is 3. The SMILES string of the molecule is c1ccc(-n2c3ccccc3c3cccc(-c4ccc(N(c5ccc(-c6cccc7ccccc67)cc5)c5cccc6sc7ccccc7c56)cc4)c32)cc1. The van der Waals surface area contributed by atoms with E-state index in [-0.39, 0.29) is 0 Å². The summed E-state index contributed by atoms with van der Waals surface area (Å²) in [6, 6.07) is 75.1. The summed E-state index contributed by atoms with van der Waals surface area (Å²) in [7, 11) is 0. The van der Waals surface area contributed by atoms with Crippen LogP contribution < -0.4 is 4.90 Å². The Bertz CT molecular complexity index is 3180. The monoisotopic (exact) mass is 718 g/mol. The summed E-state index contributed by atoms with van der Waals surface area (Å²) >= 11 is 1.86. The second kappa shape index (κ2) is 12.9. The maximum atomic E-state index is 2.43. The van der Waals surface area contributed by atoms with Crippen LogP contribution in [0.5, 0.6) is 0 Å². The van der Waals surface area contributed by atoms with Gasteiger partial charge in [0, 0.05) is 53.6 Å². The molecule has 2 heterocycles. The first kappa shape index (κ1) is 31.6. The van der Waals surface area contributed by atoms with Crippen LogP contribution in [0.2, 0.25) is 0 Å². The van der Waals surface area contributed by atoms with Crippen LogP contribution >= 0.6 is 11.3 Å². The van der Waals surface area contributed by atoms with Crippen LogP contribution in [0.1, 0.15) is 0 Å². The molecule has 258 valence electrons.